The molecule has 0 saturated carbocycles. The number of esters is 1. The molecule has 1 heterocycles. The minimum atomic E-state index is -0.662. The van der Waals surface area contributed by atoms with Gasteiger partial charge in [0.15, 0.2) is 12.0 Å². The van der Waals surface area contributed by atoms with Crippen LogP contribution in [-0.2, 0) is 9.47 Å². The molecule has 0 amide bonds. The summed E-state index contributed by atoms with van der Waals surface area (Å²) >= 11 is 0. The van der Waals surface area contributed by atoms with Crippen LogP contribution in [0.1, 0.15) is 21.0 Å². The third-order valence-corrected chi connectivity index (χ3v) is 1.22. The van der Waals surface area contributed by atoms with Crippen molar-refractivity contribution in [2.24, 2.45) is 0 Å². The van der Waals surface area contributed by atoms with E-state index in [4.69, 9.17) is 0 Å². The van der Waals surface area contributed by atoms with Crippen LogP contribution in [0.15, 0.2) is 12.4 Å². The van der Waals surface area contributed by atoms with Crippen LogP contribution in [0.25, 0.3) is 0 Å². The molecule has 6 heteroatoms. The summed E-state index contributed by atoms with van der Waals surface area (Å²) in [5.74, 6) is -0.662. The van der Waals surface area contributed by atoms with Gasteiger partial charge in [0.05, 0.1) is 7.11 Å². The van der Waals surface area contributed by atoms with Crippen LogP contribution in [0, 0.1) is 0 Å². The van der Waals surface area contributed by atoms with Crippen LogP contribution >= 0.6 is 0 Å². The fourth-order valence-electron chi connectivity index (χ4n) is 0.689. The summed E-state index contributed by atoms with van der Waals surface area (Å²) in [6.07, 6.45) is 3.11. The predicted molar refractivity (Wildman–Crippen MR) is 51.7 cm³/mol. The highest BCUT2D eigenvalue weighted by atomic mass is 16.5. The Morgan fingerprint density at radius 1 is 1.27 bits per heavy atom. The van der Waals surface area contributed by atoms with E-state index in [9.17, 15) is 9.59 Å². The summed E-state index contributed by atoms with van der Waals surface area (Å²) in [7, 11) is 4.46. The molecule has 1 rings (SSSR count). The second-order valence-corrected chi connectivity index (χ2v) is 2.31. The van der Waals surface area contributed by atoms with Crippen molar-refractivity contribution in [2.45, 2.75) is 0 Å². The monoisotopic (exact) mass is 212 g/mol. The Balaban J connectivity index is 0.000000583. The number of rotatable bonds is 2. The average Bonchev–Trinajstić information content (AvgIpc) is 2.29. The molecule has 0 aliphatic rings. The number of aldehydes is 1. The molecule has 0 aliphatic heterocycles. The second kappa shape index (κ2) is 7.57. The Morgan fingerprint density at radius 3 is 2.27 bits per heavy atom. The van der Waals surface area contributed by atoms with E-state index in [1.807, 2.05) is 0 Å². The van der Waals surface area contributed by atoms with Crippen LogP contribution in [0.4, 0.5) is 0 Å². The van der Waals surface area contributed by atoms with Gasteiger partial charge >= 0.3 is 5.97 Å². The standard InChI is InChI=1S/C7H6N2O3.C2H6O/c1-12-7(11)6-5(4-10)8-2-3-9-6;1-3-2/h2-4H,1H3;1-2H3. The van der Waals surface area contributed by atoms with Crippen molar-refractivity contribution in [1.82, 2.24) is 9.97 Å². The first-order valence-corrected chi connectivity index (χ1v) is 3.95. The Labute approximate surface area is 87.3 Å². The lowest BCUT2D eigenvalue weighted by atomic mass is 10.3. The van der Waals surface area contributed by atoms with E-state index in [1.165, 1.54) is 19.5 Å². The van der Waals surface area contributed by atoms with Gasteiger partial charge in [-0.2, -0.15) is 0 Å². The number of nitrogens with zero attached hydrogens (tertiary/aromatic N) is 2. The van der Waals surface area contributed by atoms with Crippen molar-refractivity contribution in [3.8, 4) is 0 Å². The van der Waals surface area contributed by atoms with Crippen molar-refractivity contribution < 1.29 is 19.1 Å². The zero-order chi connectivity index (χ0) is 11.7. The number of ether oxygens (including phenoxy) is 2. The number of hydrogen-bond donors (Lipinski definition) is 0. The molecule has 0 N–H and O–H groups in total. The van der Waals surface area contributed by atoms with Crippen molar-refractivity contribution in [3.05, 3.63) is 23.8 Å². The SMILES string of the molecule is COC.COC(=O)c1nccnc1C=O. The second-order valence-electron chi connectivity index (χ2n) is 2.31. The highest BCUT2D eigenvalue weighted by Crippen LogP contribution is 1.99. The molecular formula is C9H12N2O4. The summed E-state index contributed by atoms with van der Waals surface area (Å²) < 4.78 is 8.63. The molecule has 1 aromatic heterocycles. The number of hydrogen-bond acceptors (Lipinski definition) is 6. The largest absolute Gasteiger partial charge is 0.464 e. The maximum atomic E-state index is 10.9. The third-order valence-electron chi connectivity index (χ3n) is 1.22. The summed E-state index contributed by atoms with van der Waals surface area (Å²) in [6, 6.07) is 0. The molecule has 82 valence electrons. The third kappa shape index (κ3) is 4.28. The highest BCUT2D eigenvalue weighted by molar-refractivity contribution is 5.94. The minimum absolute atomic E-state index is 0.00986. The van der Waals surface area contributed by atoms with Gasteiger partial charge in [-0.25, -0.2) is 14.8 Å². The molecular weight excluding hydrogens is 200 g/mol. The van der Waals surface area contributed by atoms with Gasteiger partial charge in [0.25, 0.3) is 0 Å². The zero-order valence-corrected chi connectivity index (χ0v) is 8.76. The fraction of sp³-hybridized carbons (Fsp3) is 0.333. The maximum Gasteiger partial charge on any atom is 0.359 e. The molecule has 1 aromatic rings. The van der Waals surface area contributed by atoms with E-state index < -0.39 is 5.97 Å². The van der Waals surface area contributed by atoms with Crippen LogP contribution < -0.4 is 0 Å². The first kappa shape index (κ1) is 13.2. The molecule has 0 spiro atoms. The molecule has 0 radical (unpaired) electrons. The number of carbonyl (C=O) groups excluding carboxylic acids is 2. The normalized spacial score (nSPS) is 8.47. The summed E-state index contributed by atoms with van der Waals surface area (Å²) in [5, 5.41) is 0. The van der Waals surface area contributed by atoms with E-state index in [2.05, 4.69) is 19.4 Å². The topological polar surface area (TPSA) is 78.4 Å². The minimum Gasteiger partial charge on any atom is -0.464 e. The van der Waals surface area contributed by atoms with Gasteiger partial charge in [-0.05, 0) is 0 Å². The average molecular weight is 212 g/mol. The smallest absolute Gasteiger partial charge is 0.359 e. The number of aromatic nitrogens is 2. The summed E-state index contributed by atoms with van der Waals surface area (Å²) in [5.41, 5.74) is -0.0700. The predicted octanol–water partition coefficient (Wildman–Crippen LogP) is 0.338. The van der Waals surface area contributed by atoms with Crippen LogP contribution in [0.3, 0.4) is 0 Å². The van der Waals surface area contributed by atoms with Crippen LogP contribution in [-0.4, -0.2) is 43.6 Å². The van der Waals surface area contributed by atoms with Crippen molar-refractivity contribution in [3.63, 3.8) is 0 Å². The Kier molecular flexibility index (Phi) is 6.65. The Bertz CT molecular complexity index is 328. The Morgan fingerprint density at radius 2 is 1.80 bits per heavy atom. The molecule has 0 unspecified atom stereocenters. The lowest BCUT2D eigenvalue weighted by molar-refractivity contribution is 0.0590. The van der Waals surface area contributed by atoms with Crippen LogP contribution in [0.5, 0.6) is 0 Å². The maximum absolute atomic E-state index is 10.9. The lowest BCUT2D eigenvalue weighted by Gasteiger charge is -1.98. The highest BCUT2D eigenvalue weighted by Gasteiger charge is 2.12. The molecule has 0 fully saturated rings. The molecule has 0 saturated heterocycles. The van der Waals surface area contributed by atoms with Crippen LogP contribution in [0.2, 0.25) is 0 Å². The van der Waals surface area contributed by atoms with Crippen molar-refractivity contribution >= 4 is 12.3 Å². The van der Waals surface area contributed by atoms with Gasteiger partial charge in [0.2, 0.25) is 0 Å². The summed E-state index contributed by atoms with van der Waals surface area (Å²) in [4.78, 5) is 28.5. The number of carbonyl (C=O) groups is 2. The molecule has 0 aliphatic carbocycles. The van der Waals surface area contributed by atoms with Gasteiger partial charge in [-0.3, -0.25) is 4.79 Å². The van der Waals surface area contributed by atoms with Crippen molar-refractivity contribution in [2.75, 3.05) is 21.3 Å². The zero-order valence-electron chi connectivity index (χ0n) is 8.76. The van der Waals surface area contributed by atoms with Gasteiger partial charge < -0.3 is 9.47 Å². The first-order chi connectivity index (χ1) is 7.21. The molecule has 0 aromatic carbocycles. The van der Waals surface area contributed by atoms with E-state index in [1.54, 1.807) is 14.2 Å². The van der Waals surface area contributed by atoms with Gasteiger partial charge in [-0.1, -0.05) is 0 Å². The van der Waals surface area contributed by atoms with E-state index in [0.29, 0.717) is 6.29 Å². The molecule has 0 bridgehead atoms. The summed E-state index contributed by atoms with van der Waals surface area (Å²) in [6.45, 7) is 0. The van der Waals surface area contributed by atoms with Gasteiger partial charge in [0, 0.05) is 26.6 Å². The van der Waals surface area contributed by atoms with E-state index >= 15 is 0 Å². The van der Waals surface area contributed by atoms with Crippen molar-refractivity contribution in [1.29, 1.82) is 0 Å². The Hall–Kier alpha value is -1.82. The van der Waals surface area contributed by atoms with Gasteiger partial charge in [-0.15, -0.1) is 0 Å². The fourth-order valence-corrected chi connectivity index (χ4v) is 0.689. The van der Waals surface area contributed by atoms with E-state index in [-0.39, 0.29) is 11.4 Å². The lowest BCUT2D eigenvalue weighted by Crippen LogP contribution is -2.09. The molecule has 15 heavy (non-hydrogen) atoms. The number of methoxy groups -OCH3 is 2. The van der Waals surface area contributed by atoms with E-state index in [0.717, 1.165) is 0 Å². The molecule has 6 nitrogen and oxygen atoms in total. The first-order valence-electron chi connectivity index (χ1n) is 3.95. The quantitative estimate of drug-likeness (QED) is 0.519. The van der Waals surface area contributed by atoms with Gasteiger partial charge in [0.1, 0.15) is 5.69 Å². The molecule has 0 atom stereocenters.